The molecule has 1 aliphatic heterocycles. The molecule has 1 fully saturated rings. The first-order valence-electron chi connectivity index (χ1n) is 4.59. The van der Waals surface area contributed by atoms with Gasteiger partial charge < -0.3 is 14.2 Å². The third-order valence-electron chi connectivity index (χ3n) is 2.03. The summed E-state index contributed by atoms with van der Waals surface area (Å²) in [5.41, 5.74) is 0. The van der Waals surface area contributed by atoms with Crippen LogP contribution >= 0.6 is 0 Å². The fourth-order valence-electron chi connectivity index (χ4n) is 1.27. The van der Waals surface area contributed by atoms with Gasteiger partial charge in [-0.15, -0.1) is 0 Å². The summed E-state index contributed by atoms with van der Waals surface area (Å²) in [4.78, 5) is 10.7. The highest BCUT2D eigenvalue weighted by molar-refractivity contribution is 5.70. The summed E-state index contributed by atoms with van der Waals surface area (Å²) in [6.45, 7) is 1.33. The van der Waals surface area contributed by atoms with Crippen molar-refractivity contribution in [1.29, 1.82) is 0 Å². The maximum Gasteiger partial charge on any atom is 0.331 e. The molecule has 0 amide bonds. The van der Waals surface area contributed by atoms with E-state index in [1.807, 2.05) is 0 Å². The highest BCUT2D eigenvalue weighted by Crippen LogP contribution is 2.12. The molecule has 13 heavy (non-hydrogen) atoms. The van der Waals surface area contributed by atoms with E-state index >= 15 is 0 Å². The predicted octanol–water partition coefficient (Wildman–Crippen LogP) is 0.745. The molecule has 4 heteroatoms. The molecule has 0 aromatic carbocycles. The summed E-state index contributed by atoms with van der Waals surface area (Å²) < 4.78 is 15.0. The van der Waals surface area contributed by atoms with Crippen molar-refractivity contribution in [3.05, 3.63) is 0 Å². The van der Waals surface area contributed by atoms with Crippen molar-refractivity contribution < 1.29 is 19.0 Å². The molecule has 1 atom stereocenters. The van der Waals surface area contributed by atoms with Crippen molar-refractivity contribution in [2.24, 2.45) is 0 Å². The molecule has 0 radical (unpaired) electrons. The number of hydrogen-bond donors (Lipinski definition) is 0. The van der Waals surface area contributed by atoms with Gasteiger partial charge in [-0.05, 0) is 19.3 Å². The molecule has 4 nitrogen and oxygen atoms in total. The van der Waals surface area contributed by atoms with Crippen LogP contribution in [0, 0.1) is 0 Å². The normalized spacial score (nSPS) is 22.7. The zero-order chi connectivity index (χ0) is 9.52. The van der Waals surface area contributed by atoms with E-state index in [2.05, 4.69) is 4.74 Å². The van der Waals surface area contributed by atoms with Crippen molar-refractivity contribution in [2.45, 2.75) is 25.4 Å². The minimum atomic E-state index is -0.337. The van der Waals surface area contributed by atoms with Gasteiger partial charge in [0, 0.05) is 6.61 Å². The van der Waals surface area contributed by atoms with E-state index in [1.54, 1.807) is 0 Å². The molecule has 1 heterocycles. The van der Waals surface area contributed by atoms with Crippen LogP contribution in [0.2, 0.25) is 0 Å². The van der Waals surface area contributed by atoms with E-state index in [-0.39, 0.29) is 18.7 Å². The smallest absolute Gasteiger partial charge is 0.331 e. The number of carbonyl (C=O) groups is 1. The Bertz CT molecular complexity index is 152. The molecule has 1 saturated heterocycles. The Labute approximate surface area is 78.2 Å². The molecule has 0 aromatic heterocycles. The number of carbonyl (C=O) groups excluding carboxylic acids is 1. The minimum absolute atomic E-state index is 0.0242. The second-order valence-corrected chi connectivity index (χ2v) is 3.08. The van der Waals surface area contributed by atoms with Crippen LogP contribution in [-0.4, -0.2) is 39.0 Å². The lowest BCUT2D eigenvalue weighted by atomic mass is 10.1. The topological polar surface area (TPSA) is 44.8 Å². The number of rotatable bonds is 4. The summed E-state index contributed by atoms with van der Waals surface area (Å²) in [6, 6.07) is 0. The van der Waals surface area contributed by atoms with Crippen molar-refractivity contribution in [1.82, 2.24) is 0 Å². The maximum absolute atomic E-state index is 10.7. The van der Waals surface area contributed by atoms with Crippen molar-refractivity contribution in [3.63, 3.8) is 0 Å². The monoisotopic (exact) mass is 188 g/mol. The lowest BCUT2D eigenvalue weighted by Crippen LogP contribution is -2.25. The molecule has 1 unspecified atom stereocenters. The molecule has 0 bridgehead atoms. The van der Waals surface area contributed by atoms with Gasteiger partial charge >= 0.3 is 5.97 Å². The lowest BCUT2D eigenvalue weighted by Gasteiger charge is -2.21. The average Bonchev–Trinajstić information content (AvgIpc) is 2.19. The van der Waals surface area contributed by atoms with E-state index in [0.717, 1.165) is 19.4 Å². The Morgan fingerprint density at radius 3 is 3.00 bits per heavy atom. The van der Waals surface area contributed by atoms with E-state index in [0.29, 0.717) is 6.61 Å². The first-order valence-corrected chi connectivity index (χ1v) is 4.59. The lowest BCUT2D eigenvalue weighted by molar-refractivity contribution is -0.147. The number of hydrogen-bond acceptors (Lipinski definition) is 4. The second kappa shape index (κ2) is 5.94. The average molecular weight is 188 g/mol. The van der Waals surface area contributed by atoms with Gasteiger partial charge in [-0.1, -0.05) is 0 Å². The molecule has 76 valence electrons. The number of ether oxygens (including phenoxy) is 3. The number of methoxy groups -OCH3 is 1. The molecule has 0 saturated carbocycles. The van der Waals surface area contributed by atoms with E-state index < -0.39 is 0 Å². The van der Waals surface area contributed by atoms with Crippen LogP contribution in [0.15, 0.2) is 0 Å². The number of esters is 1. The van der Waals surface area contributed by atoms with Crippen LogP contribution in [0.25, 0.3) is 0 Å². The molecular formula is C9H16O4. The molecule has 0 aliphatic carbocycles. The van der Waals surface area contributed by atoms with Crippen molar-refractivity contribution >= 4 is 5.97 Å². The van der Waals surface area contributed by atoms with Crippen LogP contribution in [0.3, 0.4) is 0 Å². The fraction of sp³-hybridized carbons (Fsp3) is 0.889. The van der Waals surface area contributed by atoms with Gasteiger partial charge in [-0.3, -0.25) is 0 Å². The van der Waals surface area contributed by atoms with Gasteiger partial charge in [0.05, 0.1) is 19.8 Å². The molecule has 0 aromatic rings. The van der Waals surface area contributed by atoms with Gasteiger partial charge in [0.1, 0.15) is 6.61 Å². The van der Waals surface area contributed by atoms with Crippen LogP contribution in [0.1, 0.15) is 19.3 Å². The van der Waals surface area contributed by atoms with E-state index in [9.17, 15) is 4.79 Å². The van der Waals surface area contributed by atoms with Gasteiger partial charge in [0.25, 0.3) is 0 Å². The van der Waals surface area contributed by atoms with Crippen molar-refractivity contribution in [2.75, 3.05) is 26.9 Å². The largest absolute Gasteiger partial charge is 0.467 e. The predicted molar refractivity (Wildman–Crippen MR) is 46.4 cm³/mol. The fourth-order valence-corrected chi connectivity index (χ4v) is 1.27. The first-order chi connectivity index (χ1) is 6.33. The van der Waals surface area contributed by atoms with Crippen LogP contribution < -0.4 is 0 Å². The third kappa shape index (κ3) is 4.24. The molecule has 1 rings (SSSR count). The Morgan fingerprint density at radius 1 is 1.54 bits per heavy atom. The standard InChI is InChI=1S/C9H16O4/c1-11-9(10)7-12-6-8-4-2-3-5-13-8/h8H,2-7H2,1H3. The summed E-state index contributed by atoms with van der Waals surface area (Å²) in [6.07, 6.45) is 3.51. The van der Waals surface area contributed by atoms with Crippen LogP contribution in [-0.2, 0) is 19.0 Å². The highest BCUT2D eigenvalue weighted by Gasteiger charge is 2.14. The molecule has 0 N–H and O–H groups in total. The summed E-state index contributed by atoms with van der Waals surface area (Å²) in [5.74, 6) is -0.337. The zero-order valence-electron chi connectivity index (χ0n) is 7.95. The third-order valence-corrected chi connectivity index (χ3v) is 2.03. The Balaban J connectivity index is 2.01. The van der Waals surface area contributed by atoms with Crippen LogP contribution in [0.5, 0.6) is 0 Å². The second-order valence-electron chi connectivity index (χ2n) is 3.08. The molecular weight excluding hydrogens is 172 g/mol. The van der Waals surface area contributed by atoms with Crippen molar-refractivity contribution in [3.8, 4) is 0 Å². The Morgan fingerprint density at radius 2 is 2.38 bits per heavy atom. The SMILES string of the molecule is COC(=O)COCC1CCCCO1. The Hall–Kier alpha value is -0.610. The van der Waals surface area contributed by atoms with Crippen LogP contribution in [0.4, 0.5) is 0 Å². The Kier molecular flexibility index (Phi) is 4.78. The highest BCUT2D eigenvalue weighted by atomic mass is 16.6. The zero-order valence-corrected chi connectivity index (χ0v) is 7.95. The van der Waals surface area contributed by atoms with Gasteiger partial charge in [-0.2, -0.15) is 0 Å². The summed E-state index contributed by atoms with van der Waals surface area (Å²) in [5, 5.41) is 0. The van der Waals surface area contributed by atoms with Gasteiger partial charge in [0.2, 0.25) is 0 Å². The summed E-state index contributed by atoms with van der Waals surface area (Å²) >= 11 is 0. The maximum atomic E-state index is 10.7. The van der Waals surface area contributed by atoms with E-state index in [4.69, 9.17) is 9.47 Å². The molecule has 0 spiro atoms. The minimum Gasteiger partial charge on any atom is -0.467 e. The van der Waals surface area contributed by atoms with Gasteiger partial charge in [-0.25, -0.2) is 4.79 Å². The first kappa shape index (κ1) is 10.5. The quantitative estimate of drug-likeness (QED) is 0.610. The summed E-state index contributed by atoms with van der Waals surface area (Å²) in [7, 11) is 1.35. The molecule has 1 aliphatic rings. The van der Waals surface area contributed by atoms with Gasteiger partial charge in [0.15, 0.2) is 0 Å². The van der Waals surface area contributed by atoms with E-state index in [1.165, 1.54) is 13.5 Å².